The molecular weight excluding hydrogens is 244 g/mol. The van der Waals surface area contributed by atoms with Gasteiger partial charge in [0.1, 0.15) is 5.73 Å². The van der Waals surface area contributed by atoms with E-state index in [2.05, 4.69) is 13.8 Å². The van der Waals surface area contributed by atoms with Gasteiger partial charge in [0.15, 0.2) is 0 Å². The van der Waals surface area contributed by atoms with Crippen molar-refractivity contribution < 1.29 is 13.6 Å². The molecule has 0 radical (unpaired) electrons. The third-order valence-electron chi connectivity index (χ3n) is 4.29. The summed E-state index contributed by atoms with van der Waals surface area (Å²) in [6.07, 6.45) is 8.94. The fourth-order valence-corrected chi connectivity index (χ4v) is 8.10. The van der Waals surface area contributed by atoms with E-state index in [1.54, 1.807) is 0 Å². The lowest BCUT2D eigenvalue weighted by atomic mass is 10.0. The predicted molar refractivity (Wildman–Crippen MR) is 74.8 cm³/mol. The van der Waals surface area contributed by atoms with Crippen LogP contribution in [0.5, 0.6) is 0 Å². The Labute approximate surface area is 112 Å². The van der Waals surface area contributed by atoms with Gasteiger partial charge in [-0.05, 0) is 39.5 Å². The summed E-state index contributed by atoms with van der Waals surface area (Å²) in [5.74, 6) is 0. The Kier molecular flexibility index (Phi) is 5.67. The molecule has 2 rings (SSSR count). The Hall–Kier alpha value is 0.0969. The van der Waals surface area contributed by atoms with Crippen LogP contribution in [0.3, 0.4) is 0 Å². The summed E-state index contributed by atoms with van der Waals surface area (Å²) in [6.45, 7) is 6.62. The highest BCUT2D eigenvalue weighted by molar-refractivity contribution is 6.70. The van der Waals surface area contributed by atoms with Gasteiger partial charge in [0, 0.05) is 25.4 Å². The van der Waals surface area contributed by atoms with Gasteiger partial charge in [0.2, 0.25) is 0 Å². The first-order valence-electron chi connectivity index (χ1n) is 7.73. The van der Waals surface area contributed by atoms with Gasteiger partial charge in [-0.2, -0.15) is 0 Å². The van der Waals surface area contributed by atoms with Crippen molar-refractivity contribution in [3.05, 3.63) is 0 Å². The summed E-state index contributed by atoms with van der Waals surface area (Å²) in [5, 5.41) is 0. The van der Waals surface area contributed by atoms with Gasteiger partial charge in [-0.15, -0.1) is 0 Å². The molecule has 1 saturated carbocycles. The van der Waals surface area contributed by atoms with Crippen LogP contribution in [0.4, 0.5) is 0 Å². The van der Waals surface area contributed by atoms with Crippen LogP contribution in [0.1, 0.15) is 58.8 Å². The van der Waals surface area contributed by atoms with E-state index >= 15 is 0 Å². The zero-order valence-corrected chi connectivity index (χ0v) is 13.0. The quantitative estimate of drug-likeness (QED) is 0.692. The third-order valence-corrected chi connectivity index (χ3v) is 8.84. The molecule has 4 heteroatoms. The molecule has 3 nitrogen and oxygen atoms in total. The van der Waals surface area contributed by atoms with Gasteiger partial charge < -0.3 is 13.6 Å². The number of hydrogen-bond donors (Lipinski definition) is 0. The smallest absolute Gasteiger partial charge is 0.371 e. The Morgan fingerprint density at radius 3 is 2.11 bits per heavy atom. The van der Waals surface area contributed by atoms with Crippen molar-refractivity contribution in [1.29, 1.82) is 0 Å². The molecule has 0 amide bonds. The van der Waals surface area contributed by atoms with Crippen LogP contribution in [0.25, 0.3) is 0 Å². The molecule has 0 spiro atoms. The summed E-state index contributed by atoms with van der Waals surface area (Å²) in [4.78, 5) is 0. The maximum absolute atomic E-state index is 6.29. The van der Waals surface area contributed by atoms with Crippen molar-refractivity contribution in [2.45, 2.75) is 70.1 Å². The van der Waals surface area contributed by atoms with Crippen LogP contribution in [0, 0.1) is 0 Å². The fraction of sp³-hybridized carbons (Fsp3) is 1.00. The highest BCUT2D eigenvalue weighted by Gasteiger charge is 2.54. The van der Waals surface area contributed by atoms with Crippen molar-refractivity contribution in [1.82, 2.24) is 0 Å². The Morgan fingerprint density at radius 2 is 1.61 bits per heavy atom. The molecule has 1 unspecified atom stereocenters. The lowest BCUT2D eigenvalue weighted by Gasteiger charge is -2.41. The van der Waals surface area contributed by atoms with E-state index in [1.807, 2.05) is 0 Å². The molecule has 0 aromatic heterocycles. The first-order valence-corrected chi connectivity index (χ1v) is 9.70. The summed E-state index contributed by atoms with van der Waals surface area (Å²) >= 11 is 0. The van der Waals surface area contributed by atoms with Crippen molar-refractivity contribution in [3.8, 4) is 0 Å². The molecule has 1 atom stereocenters. The van der Waals surface area contributed by atoms with E-state index in [0.29, 0.717) is 5.54 Å². The Bertz CT molecular complexity index is 229. The molecule has 2 aliphatic rings. The molecule has 18 heavy (non-hydrogen) atoms. The molecule has 1 saturated heterocycles. The average molecular weight is 272 g/mol. The highest BCUT2D eigenvalue weighted by Crippen LogP contribution is 2.42. The van der Waals surface area contributed by atoms with Crippen LogP contribution in [-0.4, -0.2) is 34.1 Å². The monoisotopic (exact) mass is 272 g/mol. The maximum atomic E-state index is 6.29. The fourth-order valence-electron chi connectivity index (χ4n) is 3.58. The van der Waals surface area contributed by atoms with Crippen molar-refractivity contribution in [2.24, 2.45) is 0 Å². The average Bonchev–Trinajstić information content (AvgIpc) is 2.94. The van der Waals surface area contributed by atoms with Gasteiger partial charge in [-0.3, -0.25) is 0 Å². The molecule has 1 heterocycles. The minimum atomic E-state index is -2.18. The molecule has 0 N–H and O–H groups in total. The molecule has 1 aliphatic heterocycles. The lowest BCUT2D eigenvalue weighted by molar-refractivity contribution is 0.0740. The van der Waals surface area contributed by atoms with Crippen LogP contribution in [-0.2, 0) is 13.6 Å². The van der Waals surface area contributed by atoms with Gasteiger partial charge in [0.25, 0.3) is 0 Å². The Morgan fingerprint density at radius 1 is 0.944 bits per heavy atom. The molecule has 1 aliphatic carbocycles. The predicted octanol–water partition coefficient (Wildman–Crippen LogP) is 3.55. The standard InChI is InChI=1S/C14H28O3Si/c1-3-16-18(17-4-2,14-11-8-12-15-14)13-9-6-5-7-10-13/h13-14H,3-12H2,1-2H3. The van der Waals surface area contributed by atoms with E-state index < -0.39 is 8.56 Å². The van der Waals surface area contributed by atoms with Gasteiger partial charge >= 0.3 is 8.56 Å². The second-order valence-corrected chi connectivity index (χ2v) is 8.90. The second kappa shape index (κ2) is 7.03. The lowest BCUT2D eigenvalue weighted by Crippen LogP contribution is -2.57. The third kappa shape index (κ3) is 2.98. The summed E-state index contributed by atoms with van der Waals surface area (Å²) in [5.41, 5.74) is 0.926. The summed E-state index contributed by atoms with van der Waals surface area (Å²) < 4.78 is 18.6. The summed E-state index contributed by atoms with van der Waals surface area (Å²) in [6, 6.07) is 0. The molecular formula is C14H28O3Si. The zero-order valence-electron chi connectivity index (χ0n) is 12.0. The molecule has 0 aromatic carbocycles. The Balaban J connectivity index is 2.16. The molecule has 106 valence electrons. The van der Waals surface area contributed by atoms with Gasteiger partial charge in [0.05, 0.1) is 0 Å². The highest BCUT2D eigenvalue weighted by atomic mass is 28.4. The molecule has 0 bridgehead atoms. The largest absolute Gasteiger partial charge is 0.393 e. The van der Waals surface area contributed by atoms with E-state index in [4.69, 9.17) is 13.6 Å². The van der Waals surface area contributed by atoms with Crippen molar-refractivity contribution >= 4 is 8.56 Å². The summed E-state index contributed by atoms with van der Waals surface area (Å²) in [7, 11) is -2.18. The first-order chi connectivity index (χ1) is 8.83. The van der Waals surface area contributed by atoms with Crippen LogP contribution >= 0.6 is 0 Å². The van der Waals surface area contributed by atoms with E-state index in [0.717, 1.165) is 26.2 Å². The minimum absolute atomic E-state index is 0.278. The minimum Gasteiger partial charge on any atom is -0.393 e. The normalized spacial score (nSPS) is 26.7. The van der Waals surface area contributed by atoms with Crippen molar-refractivity contribution in [2.75, 3.05) is 19.8 Å². The van der Waals surface area contributed by atoms with Crippen molar-refractivity contribution in [3.63, 3.8) is 0 Å². The van der Waals surface area contributed by atoms with Crippen LogP contribution < -0.4 is 0 Å². The zero-order chi connectivity index (χ0) is 12.8. The van der Waals surface area contributed by atoms with Crippen LogP contribution in [0.2, 0.25) is 5.54 Å². The SMILES string of the molecule is CCO[Si](OCC)(C1CCCCC1)C1CCCO1. The first kappa shape index (κ1) is 14.5. The number of ether oxygens (including phenoxy) is 1. The topological polar surface area (TPSA) is 27.7 Å². The van der Waals surface area contributed by atoms with E-state index in [9.17, 15) is 0 Å². The second-order valence-electron chi connectivity index (χ2n) is 5.42. The number of rotatable bonds is 6. The van der Waals surface area contributed by atoms with Gasteiger partial charge in [-0.25, -0.2) is 0 Å². The van der Waals surface area contributed by atoms with Crippen LogP contribution in [0.15, 0.2) is 0 Å². The van der Waals surface area contributed by atoms with Gasteiger partial charge in [-0.1, -0.05) is 19.3 Å². The van der Waals surface area contributed by atoms with E-state index in [-0.39, 0.29) is 5.73 Å². The van der Waals surface area contributed by atoms with E-state index in [1.165, 1.54) is 38.5 Å². The number of hydrogen-bond acceptors (Lipinski definition) is 3. The molecule has 0 aromatic rings. The maximum Gasteiger partial charge on any atom is 0.371 e. The molecule has 2 fully saturated rings.